The summed E-state index contributed by atoms with van der Waals surface area (Å²) in [5.41, 5.74) is 9.90. The Morgan fingerprint density at radius 3 is 2.72 bits per heavy atom. The van der Waals surface area contributed by atoms with Crippen LogP contribution in [0.2, 0.25) is 0 Å². The Labute approximate surface area is 153 Å². The standard InChI is InChI=1S/C22H35N3/c1-16(20-14-18-6-8-19(20)13-18)24-10-4-5-17-7-9-22(21(23)15-17)25-11-2-3-12-25/h7,9,15-16,18-20,24H,2-6,8,10-14,23H2,1H3. The number of nitrogen functional groups attached to an aromatic ring is 1. The van der Waals surface area contributed by atoms with Crippen LogP contribution in [0.5, 0.6) is 0 Å². The second-order valence-electron chi connectivity index (χ2n) is 8.77. The fraction of sp³-hybridized carbons (Fsp3) is 0.727. The van der Waals surface area contributed by atoms with E-state index in [0.29, 0.717) is 6.04 Å². The summed E-state index contributed by atoms with van der Waals surface area (Å²) >= 11 is 0. The fourth-order valence-electron chi connectivity index (χ4n) is 5.69. The summed E-state index contributed by atoms with van der Waals surface area (Å²) in [4.78, 5) is 2.43. The molecule has 2 saturated carbocycles. The van der Waals surface area contributed by atoms with Crippen LogP contribution < -0.4 is 16.0 Å². The third kappa shape index (κ3) is 3.81. The van der Waals surface area contributed by atoms with E-state index in [1.54, 1.807) is 0 Å². The van der Waals surface area contributed by atoms with E-state index in [1.807, 2.05) is 0 Å². The average Bonchev–Trinajstić information content (AvgIpc) is 3.35. The van der Waals surface area contributed by atoms with Crippen LogP contribution >= 0.6 is 0 Å². The number of nitrogens with one attached hydrogen (secondary N) is 1. The molecule has 3 heteroatoms. The maximum absolute atomic E-state index is 6.31. The second-order valence-corrected chi connectivity index (χ2v) is 8.77. The maximum atomic E-state index is 6.31. The van der Waals surface area contributed by atoms with Gasteiger partial charge in [0.1, 0.15) is 0 Å². The smallest absolute Gasteiger partial charge is 0.0600 e. The highest BCUT2D eigenvalue weighted by atomic mass is 15.1. The predicted octanol–water partition coefficient (Wildman–Crippen LogP) is 4.22. The molecule has 3 nitrogen and oxygen atoms in total. The van der Waals surface area contributed by atoms with Gasteiger partial charge in [0.15, 0.2) is 0 Å². The molecule has 1 aromatic rings. The van der Waals surface area contributed by atoms with Gasteiger partial charge in [0.25, 0.3) is 0 Å². The van der Waals surface area contributed by atoms with Gasteiger partial charge in [0, 0.05) is 19.1 Å². The molecular weight excluding hydrogens is 306 g/mol. The van der Waals surface area contributed by atoms with Gasteiger partial charge in [-0.25, -0.2) is 0 Å². The van der Waals surface area contributed by atoms with Crippen LogP contribution in [-0.2, 0) is 6.42 Å². The SMILES string of the molecule is CC(NCCCc1ccc(N2CCCC2)c(N)c1)C1CC2CCC1C2. The van der Waals surface area contributed by atoms with Gasteiger partial charge in [0.2, 0.25) is 0 Å². The summed E-state index contributed by atoms with van der Waals surface area (Å²) in [7, 11) is 0. The molecule has 1 saturated heterocycles. The molecule has 3 aliphatic rings. The van der Waals surface area contributed by atoms with Crippen molar-refractivity contribution in [2.24, 2.45) is 17.8 Å². The number of nitrogens with two attached hydrogens (primary N) is 1. The van der Waals surface area contributed by atoms with E-state index < -0.39 is 0 Å². The zero-order valence-electron chi connectivity index (χ0n) is 15.8. The first-order valence-corrected chi connectivity index (χ1v) is 10.6. The minimum absolute atomic E-state index is 0.693. The molecule has 4 atom stereocenters. The molecule has 0 radical (unpaired) electrons. The Morgan fingerprint density at radius 1 is 1.20 bits per heavy atom. The maximum Gasteiger partial charge on any atom is 0.0600 e. The molecule has 0 amide bonds. The lowest BCUT2D eigenvalue weighted by atomic mass is 9.84. The van der Waals surface area contributed by atoms with Crippen LogP contribution in [0.1, 0.15) is 57.4 Å². The first-order chi connectivity index (χ1) is 12.2. The highest BCUT2D eigenvalue weighted by Gasteiger charge is 2.41. The predicted molar refractivity (Wildman–Crippen MR) is 107 cm³/mol. The van der Waals surface area contributed by atoms with Crippen molar-refractivity contribution in [3.05, 3.63) is 23.8 Å². The summed E-state index contributed by atoms with van der Waals surface area (Å²) in [6, 6.07) is 7.41. The van der Waals surface area contributed by atoms with Crippen molar-refractivity contribution >= 4 is 11.4 Å². The molecule has 3 fully saturated rings. The second kappa shape index (κ2) is 7.57. The molecule has 2 bridgehead atoms. The lowest BCUT2D eigenvalue weighted by Crippen LogP contribution is -2.36. The van der Waals surface area contributed by atoms with Gasteiger partial charge in [-0.3, -0.25) is 0 Å². The summed E-state index contributed by atoms with van der Waals surface area (Å²) in [5, 5.41) is 3.81. The molecule has 1 aliphatic heterocycles. The third-order valence-corrected chi connectivity index (χ3v) is 7.08. The molecule has 0 aromatic heterocycles. The summed E-state index contributed by atoms with van der Waals surface area (Å²) in [6.45, 7) is 5.86. The molecule has 1 heterocycles. The average molecular weight is 342 g/mol. The summed E-state index contributed by atoms with van der Waals surface area (Å²) in [6.07, 6.45) is 10.9. The van der Waals surface area contributed by atoms with Crippen molar-refractivity contribution in [2.75, 3.05) is 30.3 Å². The first kappa shape index (κ1) is 17.2. The minimum atomic E-state index is 0.693. The number of rotatable bonds is 7. The molecule has 0 spiro atoms. The molecule has 4 rings (SSSR count). The van der Waals surface area contributed by atoms with Gasteiger partial charge in [-0.1, -0.05) is 12.5 Å². The van der Waals surface area contributed by atoms with E-state index in [4.69, 9.17) is 5.73 Å². The molecule has 4 unspecified atom stereocenters. The van der Waals surface area contributed by atoms with Gasteiger partial charge in [-0.15, -0.1) is 0 Å². The molecule has 138 valence electrons. The van der Waals surface area contributed by atoms with Gasteiger partial charge in [-0.2, -0.15) is 0 Å². The summed E-state index contributed by atoms with van der Waals surface area (Å²) in [5.74, 6) is 3.01. The van der Waals surface area contributed by atoms with E-state index in [9.17, 15) is 0 Å². The van der Waals surface area contributed by atoms with Crippen molar-refractivity contribution < 1.29 is 0 Å². The zero-order valence-corrected chi connectivity index (χ0v) is 15.8. The van der Waals surface area contributed by atoms with Crippen LogP contribution in [0.3, 0.4) is 0 Å². The number of aryl methyl sites for hydroxylation is 1. The number of nitrogens with zero attached hydrogens (tertiary/aromatic N) is 1. The van der Waals surface area contributed by atoms with Crippen LogP contribution in [0, 0.1) is 17.8 Å². The monoisotopic (exact) mass is 341 g/mol. The number of fused-ring (bicyclic) bond motifs is 2. The number of benzene rings is 1. The highest BCUT2D eigenvalue weighted by molar-refractivity contribution is 5.68. The Balaban J connectivity index is 1.21. The molecular formula is C22H35N3. The van der Waals surface area contributed by atoms with Gasteiger partial charge in [-0.05, 0) is 93.9 Å². The Kier molecular flexibility index (Phi) is 5.21. The van der Waals surface area contributed by atoms with E-state index >= 15 is 0 Å². The highest BCUT2D eigenvalue weighted by Crippen LogP contribution is 2.49. The lowest BCUT2D eigenvalue weighted by Gasteiger charge is -2.28. The fourth-order valence-corrected chi connectivity index (χ4v) is 5.69. The zero-order chi connectivity index (χ0) is 17.2. The summed E-state index contributed by atoms with van der Waals surface area (Å²) < 4.78 is 0. The molecule has 25 heavy (non-hydrogen) atoms. The van der Waals surface area contributed by atoms with E-state index in [-0.39, 0.29) is 0 Å². The first-order valence-electron chi connectivity index (χ1n) is 10.6. The van der Waals surface area contributed by atoms with Crippen molar-refractivity contribution in [1.82, 2.24) is 5.32 Å². The Morgan fingerprint density at radius 2 is 2.04 bits per heavy atom. The van der Waals surface area contributed by atoms with Crippen molar-refractivity contribution in [3.8, 4) is 0 Å². The number of anilines is 2. The quantitative estimate of drug-likeness (QED) is 0.576. The third-order valence-electron chi connectivity index (χ3n) is 7.08. The minimum Gasteiger partial charge on any atom is -0.397 e. The number of hydrogen-bond acceptors (Lipinski definition) is 3. The van der Waals surface area contributed by atoms with Crippen molar-refractivity contribution in [1.29, 1.82) is 0 Å². The Hall–Kier alpha value is -1.22. The van der Waals surface area contributed by atoms with E-state index in [1.165, 1.54) is 56.2 Å². The normalized spacial score (nSPS) is 29.5. The van der Waals surface area contributed by atoms with Crippen LogP contribution in [-0.4, -0.2) is 25.7 Å². The van der Waals surface area contributed by atoms with Crippen molar-refractivity contribution in [2.45, 2.75) is 64.3 Å². The van der Waals surface area contributed by atoms with Gasteiger partial charge in [0.05, 0.1) is 11.4 Å². The van der Waals surface area contributed by atoms with Gasteiger partial charge >= 0.3 is 0 Å². The van der Waals surface area contributed by atoms with Crippen LogP contribution in [0.25, 0.3) is 0 Å². The van der Waals surface area contributed by atoms with E-state index in [2.05, 4.69) is 35.3 Å². The van der Waals surface area contributed by atoms with Crippen LogP contribution in [0.4, 0.5) is 11.4 Å². The van der Waals surface area contributed by atoms with E-state index in [0.717, 1.165) is 49.5 Å². The van der Waals surface area contributed by atoms with Crippen molar-refractivity contribution in [3.63, 3.8) is 0 Å². The largest absolute Gasteiger partial charge is 0.397 e. The molecule has 3 N–H and O–H groups in total. The van der Waals surface area contributed by atoms with Gasteiger partial charge < -0.3 is 16.0 Å². The number of hydrogen-bond donors (Lipinski definition) is 2. The van der Waals surface area contributed by atoms with Crippen LogP contribution in [0.15, 0.2) is 18.2 Å². The topological polar surface area (TPSA) is 41.3 Å². The Bertz CT molecular complexity index is 579. The molecule has 2 aliphatic carbocycles. The molecule has 1 aromatic carbocycles. The lowest BCUT2D eigenvalue weighted by molar-refractivity contribution is 0.260.